The Morgan fingerprint density at radius 3 is 2.46 bits per heavy atom. The van der Waals surface area contributed by atoms with Crippen molar-refractivity contribution in [3.8, 4) is 11.4 Å². The van der Waals surface area contributed by atoms with Gasteiger partial charge < -0.3 is 24.0 Å². The molecule has 50 heavy (non-hydrogen) atoms. The summed E-state index contributed by atoms with van der Waals surface area (Å²) in [7, 11) is 0. The van der Waals surface area contributed by atoms with Crippen LogP contribution in [0.4, 0.5) is 15.8 Å². The molecule has 2 saturated heterocycles. The van der Waals surface area contributed by atoms with Gasteiger partial charge in [-0.25, -0.2) is 23.1 Å². The Kier molecular flexibility index (Phi) is 9.78. The summed E-state index contributed by atoms with van der Waals surface area (Å²) >= 11 is 12.7. The predicted molar refractivity (Wildman–Crippen MR) is 186 cm³/mol. The van der Waals surface area contributed by atoms with Crippen molar-refractivity contribution in [2.24, 2.45) is 0 Å². The van der Waals surface area contributed by atoms with E-state index in [1.165, 1.54) is 32.7 Å². The molecule has 3 atom stereocenters. The highest BCUT2D eigenvalue weighted by Gasteiger charge is 2.46. The molecule has 0 N–H and O–H groups in total. The summed E-state index contributed by atoms with van der Waals surface area (Å²) in [5.74, 6) is -0.908. The number of benzene rings is 3. The van der Waals surface area contributed by atoms with E-state index in [4.69, 9.17) is 37.4 Å². The second-order valence-corrected chi connectivity index (χ2v) is 13.2. The van der Waals surface area contributed by atoms with Gasteiger partial charge in [0.25, 0.3) is 0 Å². The Balaban J connectivity index is 0.939. The normalized spacial score (nSPS) is 20.0. The quantitative estimate of drug-likeness (QED) is 0.182. The first-order valence-corrected chi connectivity index (χ1v) is 17.2. The number of piperazine rings is 1. The van der Waals surface area contributed by atoms with Crippen molar-refractivity contribution in [2.45, 2.75) is 44.7 Å². The number of tetrazole rings is 1. The molecular weight excluding hydrogens is 688 g/mol. The number of anilines is 2. The van der Waals surface area contributed by atoms with E-state index in [0.717, 1.165) is 12.1 Å². The number of halogens is 3. The fourth-order valence-electron chi connectivity index (χ4n) is 6.24. The van der Waals surface area contributed by atoms with E-state index in [9.17, 15) is 4.79 Å². The van der Waals surface area contributed by atoms with Gasteiger partial charge in [0.1, 0.15) is 43.5 Å². The van der Waals surface area contributed by atoms with Gasteiger partial charge in [0.15, 0.2) is 0 Å². The molecule has 1 unspecified atom stereocenters. The molecule has 4 heterocycles. The van der Waals surface area contributed by atoms with Gasteiger partial charge in [-0.2, -0.15) is 5.10 Å². The molecule has 3 aromatic carbocycles. The molecule has 5 aromatic rings. The van der Waals surface area contributed by atoms with Gasteiger partial charge in [0, 0.05) is 48.5 Å². The van der Waals surface area contributed by atoms with Gasteiger partial charge in [-0.1, -0.05) is 36.2 Å². The summed E-state index contributed by atoms with van der Waals surface area (Å²) < 4.78 is 38.4. The lowest BCUT2D eigenvalue weighted by Gasteiger charge is -2.37. The van der Waals surface area contributed by atoms with Crippen LogP contribution in [0.1, 0.15) is 31.9 Å². The third kappa shape index (κ3) is 6.93. The van der Waals surface area contributed by atoms with Gasteiger partial charge in [0.05, 0.1) is 29.0 Å². The van der Waals surface area contributed by atoms with Crippen LogP contribution in [0, 0.1) is 5.82 Å². The molecule has 7 rings (SSSR count). The van der Waals surface area contributed by atoms with Crippen molar-refractivity contribution in [1.82, 2.24) is 34.6 Å². The van der Waals surface area contributed by atoms with E-state index in [1.807, 2.05) is 43.0 Å². The zero-order valence-corrected chi connectivity index (χ0v) is 29.0. The molecule has 0 spiro atoms. The van der Waals surface area contributed by atoms with Crippen LogP contribution in [0.5, 0.6) is 5.75 Å². The number of nitrogens with zero attached hydrogens (tertiary/aromatic N) is 9. The second-order valence-electron chi connectivity index (χ2n) is 12.3. The smallest absolute Gasteiger partial charge is 0.350 e. The van der Waals surface area contributed by atoms with Gasteiger partial charge in [-0.05, 0) is 72.3 Å². The average molecular weight is 725 g/mol. The zero-order chi connectivity index (χ0) is 34.8. The van der Waals surface area contributed by atoms with E-state index in [0.29, 0.717) is 58.9 Å². The van der Waals surface area contributed by atoms with E-state index in [1.54, 1.807) is 30.3 Å². The summed E-state index contributed by atoms with van der Waals surface area (Å²) in [6.07, 6.45) is 3.31. The number of hydrogen-bond donors (Lipinski definition) is 0. The molecule has 2 aliphatic rings. The maximum atomic E-state index is 15.3. The average Bonchev–Trinajstić information content (AvgIpc) is 3.88. The first-order chi connectivity index (χ1) is 24.2. The van der Waals surface area contributed by atoms with Crippen LogP contribution in [-0.2, 0) is 21.8 Å². The maximum Gasteiger partial charge on any atom is 0.350 e. The lowest BCUT2D eigenvalue weighted by Crippen LogP contribution is -2.46. The Labute approximate surface area is 297 Å². The third-order valence-corrected chi connectivity index (χ3v) is 9.68. The molecule has 0 amide bonds. The number of hydrogen-bond acceptors (Lipinski definition) is 10. The van der Waals surface area contributed by atoms with Crippen LogP contribution in [-0.4, -0.2) is 80.1 Å². The van der Waals surface area contributed by atoms with E-state index in [2.05, 4.69) is 25.5 Å². The zero-order valence-electron chi connectivity index (χ0n) is 27.5. The van der Waals surface area contributed by atoms with Gasteiger partial charge in [-0.15, -0.1) is 5.10 Å². The standard InChI is InChI=1S/C34H36Cl2FN9O4/c1-3-23(2)46-33(47)45(22-39-46)26-7-11-32(31(37)17-26)43-14-12-42(13-15-43)25-5-8-27(9-6-25)48-18-28-19-49-34(50-28,20-44-21-38-40-41-44)29-10-4-24(35)16-30(29)36/h4-11,16-17,21-23,28H,3,12-15,18-20H2,1-2H3/t23?,28-,34-/m1/s1. The lowest BCUT2D eigenvalue weighted by molar-refractivity contribution is -0.190. The largest absolute Gasteiger partial charge is 0.491 e. The number of aromatic nitrogens is 7. The van der Waals surface area contributed by atoms with Crippen molar-refractivity contribution in [1.29, 1.82) is 0 Å². The van der Waals surface area contributed by atoms with Gasteiger partial charge >= 0.3 is 5.69 Å². The van der Waals surface area contributed by atoms with Crippen molar-refractivity contribution < 1.29 is 18.6 Å². The highest BCUT2D eigenvalue weighted by atomic mass is 35.5. The first-order valence-electron chi connectivity index (χ1n) is 16.4. The van der Waals surface area contributed by atoms with Crippen molar-refractivity contribution in [3.05, 3.63) is 105 Å². The minimum Gasteiger partial charge on any atom is -0.491 e. The summed E-state index contributed by atoms with van der Waals surface area (Å²) in [5.41, 5.74) is 2.35. The van der Waals surface area contributed by atoms with E-state index >= 15 is 4.39 Å². The van der Waals surface area contributed by atoms with E-state index < -0.39 is 5.79 Å². The highest BCUT2D eigenvalue weighted by Crippen LogP contribution is 2.40. The Hall–Kier alpha value is -4.50. The van der Waals surface area contributed by atoms with Crippen LogP contribution in [0.2, 0.25) is 10.0 Å². The Morgan fingerprint density at radius 2 is 1.76 bits per heavy atom. The third-order valence-electron chi connectivity index (χ3n) is 9.13. The van der Waals surface area contributed by atoms with Crippen LogP contribution in [0.25, 0.3) is 5.69 Å². The van der Waals surface area contributed by atoms with Crippen molar-refractivity contribution in [3.63, 3.8) is 0 Å². The van der Waals surface area contributed by atoms with Crippen LogP contribution < -0.4 is 20.2 Å². The molecule has 16 heteroatoms. The van der Waals surface area contributed by atoms with E-state index in [-0.39, 0.29) is 43.4 Å². The van der Waals surface area contributed by atoms with Crippen LogP contribution in [0.15, 0.2) is 78.1 Å². The van der Waals surface area contributed by atoms with Crippen LogP contribution in [0.3, 0.4) is 0 Å². The summed E-state index contributed by atoms with van der Waals surface area (Å²) in [5, 5.41) is 16.5. The summed E-state index contributed by atoms with van der Waals surface area (Å²) in [4.78, 5) is 17.1. The molecular formula is C34H36Cl2FN9O4. The molecule has 2 aromatic heterocycles. The molecule has 0 radical (unpaired) electrons. The second kappa shape index (κ2) is 14.4. The number of ether oxygens (including phenoxy) is 3. The maximum absolute atomic E-state index is 15.3. The minimum absolute atomic E-state index is 0.0345. The van der Waals surface area contributed by atoms with Gasteiger partial charge in [-0.3, -0.25) is 0 Å². The SMILES string of the molecule is CCC(C)n1ncn(-c2ccc(N3CCN(c4ccc(OC[C@@H]5CO[C@@](Cn6cnnn6)(c6ccc(Cl)cc6Cl)O5)cc4)CC3)c(F)c2)c1=O. The fraction of sp³-hybridized carbons (Fsp3) is 0.382. The lowest BCUT2D eigenvalue weighted by atomic mass is 10.1. The molecule has 0 aliphatic carbocycles. The van der Waals surface area contributed by atoms with Gasteiger partial charge in [0.2, 0.25) is 5.79 Å². The molecule has 0 saturated carbocycles. The molecule has 2 aliphatic heterocycles. The molecule has 0 bridgehead atoms. The molecule has 262 valence electrons. The Morgan fingerprint density at radius 1 is 1.00 bits per heavy atom. The van der Waals surface area contributed by atoms with Crippen molar-refractivity contribution in [2.75, 3.05) is 49.2 Å². The first kappa shape index (κ1) is 34.0. The van der Waals surface area contributed by atoms with Crippen molar-refractivity contribution >= 4 is 34.6 Å². The summed E-state index contributed by atoms with van der Waals surface area (Å²) in [6.45, 7) is 7.34. The fourth-order valence-corrected chi connectivity index (χ4v) is 6.79. The Bertz CT molecular complexity index is 1980. The number of rotatable bonds is 11. The molecule has 13 nitrogen and oxygen atoms in total. The highest BCUT2D eigenvalue weighted by molar-refractivity contribution is 6.35. The summed E-state index contributed by atoms with van der Waals surface area (Å²) in [6, 6.07) is 17.9. The van der Waals surface area contributed by atoms with Crippen LogP contribution >= 0.6 is 23.2 Å². The monoisotopic (exact) mass is 723 g/mol. The topological polar surface area (TPSA) is 118 Å². The predicted octanol–water partition coefficient (Wildman–Crippen LogP) is 5.11. The molecule has 2 fully saturated rings. The minimum atomic E-state index is -1.22.